The summed E-state index contributed by atoms with van der Waals surface area (Å²) >= 11 is 6.08. The van der Waals surface area contributed by atoms with Crippen LogP contribution in [-0.2, 0) is 0 Å². The highest BCUT2D eigenvalue weighted by Crippen LogP contribution is 2.29. The maximum Gasteiger partial charge on any atom is 0.136 e. The number of pyridine rings is 1. The summed E-state index contributed by atoms with van der Waals surface area (Å²) in [6.45, 7) is 0. The molecule has 0 saturated heterocycles. The van der Waals surface area contributed by atoms with Gasteiger partial charge in [-0.3, -0.25) is 0 Å². The summed E-state index contributed by atoms with van der Waals surface area (Å²) in [5.41, 5.74) is 8.46. The van der Waals surface area contributed by atoms with Crippen molar-refractivity contribution in [1.82, 2.24) is 15.0 Å². The van der Waals surface area contributed by atoms with Gasteiger partial charge < -0.3 is 5.73 Å². The smallest absolute Gasteiger partial charge is 0.136 e. The fraction of sp³-hybridized carbons (Fsp3) is 0. The molecule has 0 amide bonds. The van der Waals surface area contributed by atoms with E-state index in [2.05, 4.69) is 15.0 Å². The molecule has 4 nitrogen and oxygen atoms in total. The maximum absolute atomic E-state index is 6.08. The van der Waals surface area contributed by atoms with Crippen molar-refractivity contribution in [1.29, 1.82) is 0 Å². The Kier molecular flexibility index (Phi) is 2.57. The van der Waals surface area contributed by atoms with Crippen molar-refractivity contribution in [3.05, 3.63) is 48.0 Å². The number of aromatic nitrogens is 3. The van der Waals surface area contributed by atoms with E-state index >= 15 is 0 Å². The van der Waals surface area contributed by atoms with Crippen LogP contribution >= 0.6 is 11.6 Å². The lowest BCUT2D eigenvalue weighted by Gasteiger charge is -2.06. The molecule has 0 saturated carbocycles. The molecular formula is C13H9ClN4. The summed E-state index contributed by atoms with van der Waals surface area (Å²) in [5.74, 6) is 0.460. The van der Waals surface area contributed by atoms with E-state index in [1.807, 2.05) is 30.3 Å². The molecule has 0 aliphatic rings. The molecule has 0 spiro atoms. The zero-order valence-corrected chi connectivity index (χ0v) is 10.1. The van der Waals surface area contributed by atoms with Crippen molar-refractivity contribution >= 4 is 28.3 Å². The van der Waals surface area contributed by atoms with Crippen LogP contribution in [0.3, 0.4) is 0 Å². The van der Waals surface area contributed by atoms with Crippen molar-refractivity contribution < 1.29 is 0 Å². The Balaban J connectivity index is 2.26. The number of nitrogens with two attached hydrogens (primary N) is 1. The summed E-state index contributed by atoms with van der Waals surface area (Å²) in [4.78, 5) is 12.2. The van der Waals surface area contributed by atoms with Gasteiger partial charge in [0.1, 0.15) is 17.3 Å². The van der Waals surface area contributed by atoms with Crippen LogP contribution in [0.25, 0.3) is 22.0 Å². The summed E-state index contributed by atoms with van der Waals surface area (Å²) in [6, 6.07) is 9.52. The Bertz CT molecular complexity index is 727. The van der Waals surface area contributed by atoms with Crippen LogP contribution in [0, 0.1) is 0 Å². The normalized spacial score (nSPS) is 10.7. The fourth-order valence-electron chi connectivity index (χ4n) is 1.85. The lowest BCUT2D eigenvalue weighted by atomic mass is 10.1. The predicted molar refractivity (Wildman–Crippen MR) is 72.2 cm³/mol. The Hall–Kier alpha value is -2.20. The summed E-state index contributed by atoms with van der Waals surface area (Å²) < 4.78 is 0. The number of fused-ring (bicyclic) bond motifs is 1. The average Bonchev–Trinajstić information content (AvgIpc) is 2.40. The van der Waals surface area contributed by atoms with E-state index in [-0.39, 0.29) is 0 Å². The molecule has 2 heterocycles. The molecular weight excluding hydrogens is 248 g/mol. The third-order valence-electron chi connectivity index (χ3n) is 2.74. The van der Waals surface area contributed by atoms with E-state index in [0.717, 1.165) is 22.0 Å². The minimum atomic E-state index is 0.460. The lowest BCUT2D eigenvalue weighted by molar-refractivity contribution is 1.23. The van der Waals surface area contributed by atoms with Gasteiger partial charge in [-0.1, -0.05) is 17.7 Å². The molecule has 5 heteroatoms. The third-order valence-corrected chi connectivity index (χ3v) is 3.04. The zero-order chi connectivity index (χ0) is 12.5. The van der Waals surface area contributed by atoms with Crippen LogP contribution in [0.4, 0.5) is 5.82 Å². The average molecular weight is 257 g/mol. The third kappa shape index (κ3) is 1.76. The first-order valence-corrected chi connectivity index (χ1v) is 5.74. The molecule has 0 fully saturated rings. The number of halogens is 1. The van der Waals surface area contributed by atoms with Crippen molar-refractivity contribution in [2.45, 2.75) is 0 Å². The van der Waals surface area contributed by atoms with Crippen LogP contribution in [0.15, 0.2) is 42.9 Å². The molecule has 0 aliphatic carbocycles. The summed E-state index contributed by atoms with van der Waals surface area (Å²) in [5, 5.41) is 1.28. The van der Waals surface area contributed by atoms with Gasteiger partial charge in [-0.15, -0.1) is 0 Å². The molecule has 0 unspecified atom stereocenters. The quantitative estimate of drug-likeness (QED) is 0.680. The second-order valence-corrected chi connectivity index (χ2v) is 4.19. The topological polar surface area (TPSA) is 64.7 Å². The first kappa shape index (κ1) is 10.9. The molecule has 3 rings (SSSR count). The van der Waals surface area contributed by atoms with Crippen LogP contribution in [0.2, 0.25) is 5.15 Å². The van der Waals surface area contributed by atoms with Crippen molar-refractivity contribution in [3.8, 4) is 11.1 Å². The van der Waals surface area contributed by atoms with Gasteiger partial charge >= 0.3 is 0 Å². The van der Waals surface area contributed by atoms with Gasteiger partial charge in [0, 0.05) is 17.1 Å². The minimum Gasteiger partial charge on any atom is -0.383 e. The van der Waals surface area contributed by atoms with E-state index in [4.69, 9.17) is 17.3 Å². The number of hydrogen-bond acceptors (Lipinski definition) is 4. The van der Waals surface area contributed by atoms with Gasteiger partial charge in [-0.05, 0) is 29.8 Å². The van der Waals surface area contributed by atoms with E-state index in [1.54, 1.807) is 6.20 Å². The van der Waals surface area contributed by atoms with E-state index in [1.165, 1.54) is 6.33 Å². The standard InChI is InChI=1S/C13H9ClN4/c14-12-9(2-1-5-16-12)8-3-4-11-10(6-8)13(15)18-7-17-11/h1-7H,(H2,15,17,18). The number of hydrogen-bond donors (Lipinski definition) is 1. The van der Waals surface area contributed by atoms with E-state index in [9.17, 15) is 0 Å². The molecule has 0 aliphatic heterocycles. The van der Waals surface area contributed by atoms with Crippen molar-refractivity contribution in [2.24, 2.45) is 0 Å². The molecule has 88 valence electrons. The first-order chi connectivity index (χ1) is 8.75. The van der Waals surface area contributed by atoms with Gasteiger partial charge in [0.05, 0.1) is 5.52 Å². The van der Waals surface area contributed by atoms with Gasteiger partial charge in [-0.25, -0.2) is 15.0 Å². The molecule has 3 aromatic rings. The number of anilines is 1. The summed E-state index contributed by atoms with van der Waals surface area (Å²) in [7, 11) is 0. The Morgan fingerprint density at radius 3 is 2.78 bits per heavy atom. The second kappa shape index (κ2) is 4.23. The molecule has 2 aromatic heterocycles. The second-order valence-electron chi connectivity index (χ2n) is 3.83. The van der Waals surface area contributed by atoms with Crippen LogP contribution in [0.5, 0.6) is 0 Å². The SMILES string of the molecule is Nc1ncnc2ccc(-c3cccnc3Cl)cc12. The number of nitrogen functional groups attached to an aromatic ring is 1. The first-order valence-electron chi connectivity index (χ1n) is 5.37. The highest BCUT2D eigenvalue weighted by molar-refractivity contribution is 6.32. The van der Waals surface area contributed by atoms with E-state index in [0.29, 0.717) is 11.0 Å². The molecule has 0 radical (unpaired) electrons. The fourth-order valence-corrected chi connectivity index (χ4v) is 2.07. The van der Waals surface area contributed by atoms with E-state index < -0.39 is 0 Å². The Morgan fingerprint density at radius 2 is 1.94 bits per heavy atom. The maximum atomic E-state index is 6.08. The molecule has 0 bridgehead atoms. The van der Waals surface area contributed by atoms with Crippen molar-refractivity contribution in [2.75, 3.05) is 5.73 Å². The van der Waals surface area contributed by atoms with Crippen LogP contribution < -0.4 is 5.73 Å². The van der Waals surface area contributed by atoms with Gasteiger partial charge in [0.2, 0.25) is 0 Å². The predicted octanol–water partition coefficient (Wildman–Crippen LogP) is 2.93. The highest BCUT2D eigenvalue weighted by atomic mass is 35.5. The molecule has 18 heavy (non-hydrogen) atoms. The zero-order valence-electron chi connectivity index (χ0n) is 9.34. The van der Waals surface area contributed by atoms with Gasteiger partial charge in [0.15, 0.2) is 0 Å². The summed E-state index contributed by atoms with van der Waals surface area (Å²) in [6.07, 6.45) is 3.11. The molecule has 2 N–H and O–H groups in total. The Labute approximate surface area is 108 Å². The van der Waals surface area contributed by atoms with Crippen molar-refractivity contribution in [3.63, 3.8) is 0 Å². The highest BCUT2D eigenvalue weighted by Gasteiger charge is 2.06. The van der Waals surface area contributed by atoms with Gasteiger partial charge in [0.25, 0.3) is 0 Å². The lowest BCUT2D eigenvalue weighted by Crippen LogP contribution is -1.93. The number of benzene rings is 1. The number of rotatable bonds is 1. The minimum absolute atomic E-state index is 0.460. The van der Waals surface area contributed by atoms with Gasteiger partial charge in [-0.2, -0.15) is 0 Å². The number of nitrogens with zero attached hydrogens (tertiary/aromatic N) is 3. The van der Waals surface area contributed by atoms with Crippen LogP contribution in [0.1, 0.15) is 0 Å². The largest absolute Gasteiger partial charge is 0.383 e. The molecule has 0 atom stereocenters. The monoisotopic (exact) mass is 256 g/mol. The van der Waals surface area contributed by atoms with Crippen LogP contribution in [-0.4, -0.2) is 15.0 Å². The Morgan fingerprint density at radius 1 is 1.06 bits per heavy atom. The molecule has 1 aromatic carbocycles.